The highest BCUT2D eigenvalue weighted by Crippen LogP contribution is 2.32. The molecule has 3 amide bonds. The van der Waals surface area contributed by atoms with Crippen LogP contribution in [0.5, 0.6) is 11.5 Å². The molecule has 0 radical (unpaired) electrons. The van der Waals surface area contributed by atoms with Gasteiger partial charge in [0.15, 0.2) is 24.4 Å². The average Bonchev–Trinajstić information content (AvgIpc) is 2.61. The summed E-state index contributed by atoms with van der Waals surface area (Å²) in [6, 6.07) is 11.0. The van der Waals surface area contributed by atoms with E-state index >= 15 is 0 Å². The molecule has 2 aromatic carbocycles. The van der Waals surface area contributed by atoms with Gasteiger partial charge in [-0.3, -0.25) is 14.9 Å². The third-order valence-electron chi connectivity index (χ3n) is 3.05. The van der Waals surface area contributed by atoms with Gasteiger partial charge in [0, 0.05) is 15.7 Å². The van der Waals surface area contributed by atoms with Gasteiger partial charge in [0.2, 0.25) is 0 Å². The van der Waals surface area contributed by atoms with Gasteiger partial charge in [0.1, 0.15) is 0 Å². The Morgan fingerprint density at radius 3 is 2.52 bits per heavy atom. The van der Waals surface area contributed by atoms with Crippen molar-refractivity contribution in [2.24, 2.45) is 0 Å². The number of carbonyl (C=O) groups is 3. The van der Waals surface area contributed by atoms with E-state index in [0.717, 1.165) is 0 Å². The fourth-order valence-corrected chi connectivity index (χ4v) is 2.32. The van der Waals surface area contributed by atoms with Crippen LogP contribution in [0.25, 0.3) is 0 Å². The second kappa shape index (κ2) is 8.84. The van der Waals surface area contributed by atoms with E-state index in [-0.39, 0.29) is 5.75 Å². The number of para-hydroxylation sites is 1. The zero-order valence-electron chi connectivity index (χ0n) is 13.2. The second-order valence-electron chi connectivity index (χ2n) is 4.80. The summed E-state index contributed by atoms with van der Waals surface area (Å²) in [5.74, 6) is -0.0866. The zero-order valence-corrected chi connectivity index (χ0v) is 14.8. The first-order valence-electron chi connectivity index (χ1n) is 7.15. The summed E-state index contributed by atoms with van der Waals surface area (Å²) in [7, 11) is 1.43. The number of ether oxygens (including phenoxy) is 2. The summed E-state index contributed by atoms with van der Waals surface area (Å²) in [6.45, 7) is -0.418. The molecule has 0 atom stereocenters. The Hall–Kier alpha value is -2.87. The molecule has 0 unspecified atom stereocenters. The highest BCUT2D eigenvalue weighted by Gasteiger charge is 2.13. The van der Waals surface area contributed by atoms with E-state index in [2.05, 4.69) is 26.6 Å². The van der Waals surface area contributed by atoms with Crippen LogP contribution in [-0.4, -0.2) is 31.9 Å². The normalized spacial score (nSPS) is 9.84. The van der Waals surface area contributed by atoms with Crippen LogP contribution >= 0.6 is 15.9 Å². The lowest BCUT2D eigenvalue weighted by atomic mass is 10.2. The van der Waals surface area contributed by atoms with Gasteiger partial charge in [-0.1, -0.05) is 18.2 Å². The summed E-state index contributed by atoms with van der Waals surface area (Å²) in [6.07, 6.45) is 0.643. The molecule has 0 bridgehead atoms. The van der Waals surface area contributed by atoms with Crippen molar-refractivity contribution in [1.29, 1.82) is 0 Å². The number of nitrogens with one attached hydrogen (secondary N) is 2. The lowest BCUT2D eigenvalue weighted by Gasteiger charge is -2.12. The Morgan fingerprint density at radius 2 is 1.88 bits per heavy atom. The molecule has 2 rings (SSSR count). The van der Waals surface area contributed by atoms with E-state index in [9.17, 15) is 14.4 Å². The van der Waals surface area contributed by atoms with Crippen LogP contribution in [0.4, 0.5) is 10.5 Å². The molecule has 2 aromatic rings. The first kappa shape index (κ1) is 18.5. The van der Waals surface area contributed by atoms with Crippen molar-refractivity contribution in [2.45, 2.75) is 0 Å². The van der Waals surface area contributed by atoms with Crippen LogP contribution < -0.4 is 20.1 Å². The number of carbonyl (C=O) groups excluding carboxylic acids is 3. The number of methoxy groups -OCH3 is 1. The molecule has 0 aliphatic heterocycles. The molecule has 0 saturated heterocycles. The summed E-state index contributed by atoms with van der Waals surface area (Å²) < 4.78 is 11.0. The lowest BCUT2D eigenvalue weighted by Crippen LogP contribution is -2.37. The number of urea groups is 1. The molecule has 25 heavy (non-hydrogen) atoms. The molecule has 130 valence electrons. The average molecular weight is 407 g/mol. The van der Waals surface area contributed by atoms with Gasteiger partial charge in [-0.15, -0.1) is 0 Å². The van der Waals surface area contributed by atoms with Crippen molar-refractivity contribution in [3.8, 4) is 11.5 Å². The van der Waals surface area contributed by atoms with Crippen molar-refractivity contribution >= 4 is 39.8 Å². The molecule has 0 heterocycles. The van der Waals surface area contributed by atoms with Crippen molar-refractivity contribution in [3.63, 3.8) is 0 Å². The van der Waals surface area contributed by atoms with Crippen LogP contribution in [0.2, 0.25) is 0 Å². The number of imide groups is 1. The summed E-state index contributed by atoms with van der Waals surface area (Å²) >= 11 is 3.23. The van der Waals surface area contributed by atoms with Crippen molar-refractivity contribution in [1.82, 2.24) is 5.32 Å². The Morgan fingerprint density at radius 1 is 1.16 bits per heavy atom. The maximum Gasteiger partial charge on any atom is 0.325 e. The molecule has 0 fully saturated rings. The van der Waals surface area contributed by atoms with E-state index in [0.29, 0.717) is 27.8 Å². The summed E-state index contributed by atoms with van der Waals surface area (Å²) in [4.78, 5) is 34.5. The van der Waals surface area contributed by atoms with E-state index in [4.69, 9.17) is 9.47 Å². The van der Waals surface area contributed by atoms with Crippen LogP contribution in [-0.2, 0) is 4.79 Å². The number of hydrogen-bond acceptors (Lipinski definition) is 5. The van der Waals surface area contributed by atoms with Crippen molar-refractivity contribution in [3.05, 3.63) is 52.5 Å². The predicted molar refractivity (Wildman–Crippen MR) is 95.2 cm³/mol. The van der Waals surface area contributed by atoms with E-state index < -0.39 is 18.5 Å². The zero-order chi connectivity index (χ0) is 18.2. The van der Waals surface area contributed by atoms with Crippen LogP contribution in [0.1, 0.15) is 10.4 Å². The highest BCUT2D eigenvalue weighted by atomic mass is 79.9. The molecular formula is C17H15BrN2O5. The molecule has 0 aromatic heterocycles. The first-order valence-corrected chi connectivity index (χ1v) is 7.94. The van der Waals surface area contributed by atoms with Gasteiger partial charge in [0.25, 0.3) is 5.91 Å². The largest absolute Gasteiger partial charge is 0.493 e. The fourth-order valence-electron chi connectivity index (χ4n) is 1.90. The lowest BCUT2D eigenvalue weighted by molar-refractivity contribution is -0.121. The van der Waals surface area contributed by atoms with Crippen molar-refractivity contribution in [2.75, 3.05) is 19.0 Å². The van der Waals surface area contributed by atoms with Gasteiger partial charge in [-0.2, -0.15) is 0 Å². The Bertz CT molecular complexity index is 780. The number of halogens is 1. The van der Waals surface area contributed by atoms with Crippen LogP contribution in [0, 0.1) is 0 Å². The quantitative estimate of drug-likeness (QED) is 0.719. The molecule has 0 saturated carbocycles. The van der Waals surface area contributed by atoms with Gasteiger partial charge >= 0.3 is 6.03 Å². The van der Waals surface area contributed by atoms with E-state index in [1.807, 2.05) is 0 Å². The molecule has 0 spiro atoms. The minimum atomic E-state index is -0.670. The monoisotopic (exact) mass is 406 g/mol. The van der Waals surface area contributed by atoms with Crippen LogP contribution in [0.15, 0.2) is 46.9 Å². The molecule has 7 nitrogen and oxygen atoms in total. The van der Waals surface area contributed by atoms with Gasteiger partial charge in [0.05, 0.1) is 7.11 Å². The minimum Gasteiger partial charge on any atom is -0.493 e. The number of hydrogen-bond donors (Lipinski definition) is 2. The SMILES string of the molecule is COc1cc(Br)c(C=O)cc1OCC(=O)NC(=O)Nc1ccccc1. The third kappa shape index (κ3) is 5.32. The maximum atomic E-state index is 11.8. The second-order valence-corrected chi connectivity index (χ2v) is 5.65. The standard InChI is InChI=1S/C17H15BrN2O5/c1-24-14-8-13(18)11(9-21)7-15(14)25-10-16(22)20-17(23)19-12-5-3-2-4-6-12/h2-9H,10H2,1H3,(H2,19,20,22,23). The van der Waals surface area contributed by atoms with Gasteiger partial charge < -0.3 is 14.8 Å². The molecule has 8 heteroatoms. The minimum absolute atomic E-state index is 0.214. The summed E-state index contributed by atoms with van der Waals surface area (Å²) in [5.41, 5.74) is 0.900. The Balaban J connectivity index is 1.93. The van der Waals surface area contributed by atoms with Crippen LogP contribution in [0.3, 0.4) is 0 Å². The number of benzene rings is 2. The molecule has 2 N–H and O–H groups in total. The predicted octanol–water partition coefficient (Wildman–Crippen LogP) is 3.00. The van der Waals surface area contributed by atoms with Gasteiger partial charge in [-0.05, 0) is 40.2 Å². The number of amides is 3. The Labute approximate surface area is 152 Å². The first-order chi connectivity index (χ1) is 12.0. The molecule has 0 aliphatic rings. The number of aldehydes is 1. The molecule has 0 aliphatic carbocycles. The van der Waals surface area contributed by atoms with Gasteiger partial charge in [-0.25, -0.2) is 4.79 Å². The third-order valence-corrected chi connectivity index (χ3v) is 3.74. The highest BCUT2D eigenvalue weighted by molar-refractivity contribution is 9.10. The van der Waals surface area contributed by atoms with E-state index in [1.54, 1.807) is 36.4 Å². The smallest absolute Gasteiger partial charge is 0.325 e. The fraction of sp³-hybridized carbons (Fsp3) is 0.118. The number of anilines is 1. The topological polar surface area (TPSA) is 93.7 Å². The summed E-state index contributed by atoms with van der Waals surface area (Å²) in [5, 5.41) is 4.66. The van der Waals surface area contributed by atoms with E-state index in [1.165, 1.54) is 13.2 Å². The molecular weight excluding hydrogens is 392 g/mol. The number of rotatable bonds is 6. The van der Waals surface area contributed by atoms with Crippen molar-refractivity contribution < 1.29 is 23.9 Å². The Kier molecular flexibility index (Phi) is 6.53. The maximum absolute atomic E-state index is 11.8.